The Balaban J connectivity index is 2.31. The number of hydrogen-bond donors (Lipinski definition) is 2. The Kier molecular flexibility index (Phi) is 3.69. The first-order chi connectivity index (χ1) is 8.15. The third-order valence-corrected chi connectivity index (χ3v) is 3.55. The fourth-order valence-corrected chi connectivity index (χ4v) is 2.48. The van der Waals surface area contributed by atoms with Crippen LogP contribution in [-0.4, -0.2) is 26.0 Å². The summed E-state index contributed by atoms with van der Waals surface area (Å²) in [6.45, 7) is 1.28. The minimum absolute atomic E-state index is 0.152. The molecule has 1 unspecified atom stereocenters. The SMILES string of the molecule is CNc1cc(Br)ccc1N1CC(CN)CC1=O. The van der Waals surface area contributed by atoms with Gasteiger partial charge in [-0.15, -0.1) is 0 Å². The van der Waals surface area contributed by atoms with Crippen molar-refractivity contribution in [3.05, 3.63) is 22.7 Å². The van der Waals surface area contributed by atoms with Crippen LogP contribution in [0.25, 0.3) is 0 Å². The van der Waals surface area contributed by atoms with Gasteiger partial charge in [-0.05, 0) is 30.7 Å². The van der Waals surface area contributed by atoms with E-state index in [0.29, 0.717) is 19.5 Å². The van der Waals surface area contributed by atoms with Gasteiger partial charge in [0, 0.05) is 24.5 Å². The standard InChI is InChI=1S/C12H16BrN3O/c1-15-10-5-9(13)2-3-11(10)16-7-8(6-14)4-12(16)17/h2-3,5,8,15H,4,6-7,14H2,1H3. The molecule has 1 aromatic carbocycles. The van der Waals surface area contributed by atoms with E-state index in [4.69, 9.17) is 5.73 Å². The molecule has 1 aromatic rings. The summed E-state index contributed by atoms with van der Waals surface area (Å²) in [5.74, 6) is 0.426. The van der Waals surface area contributed by atoms with Crippen molar-refractivity contribution in [1.82, 2.24) is 0 Å². The van der Waals surface area contributed by atoms with Crippen LogP contribution in [0.3, 0.4) is 0 Å². The summed E-state index contributed by atoms with van der Waals surface area (Å²) >= 11 is 3.42. The Morgan fingerprint density at radius 3 is 2.94 bits per heavy atom. The van der Waals surface area contributed by atoms with Crippen molar-refractivity contribution in [2.75, 3.05) is 30.4 Å². The lowest BCUT2D eigenvalue weighted by atomic mass is 10.1. The number of halogens is 1. The first-order valence-electron chi connectivity index (χ1n) is 5.63. The third kappa shape index (κ3) is 2.45. The van der Waals surface area contributed by atoms with E-state index in [2.05, 4.69) is 21.2 Å². The van der Waals surface area contributed by atoms with E-state index >= 15 is 0 Å². The van der Waals surface area contributed by atoms with Crippen LogP contribution in [0, 0.1) is 5.92 Å². The molecular formula is C12H16BrN3O. The summed E-state index contributed by atoms with van der Waals surface area (Å²) in [7, 11) is 1.85. The molecule has 2 rings (SSSR count). The second-order valence-corrected chi connectivity index (χ2v) is 5.14. The molecular weight excluding hydrogens is 282 g/mol. The Labute approximate surface area is 109 Å². The quantitative estimate of drug-likeness (QED) is 0.894. The van der Waals surface area contributed by atoms with Crippen LogP contribution in [0.1, 0.15) is 6.42 Å². The van der Waals surface area contributed by atoms with Crippen LogP contribution >= 0.6 is 15.9 Å². The van der Waals surface area contributed by atoms with Gasteiger partial charge in [0.1, 0.15) is 0 Å². The Morgan fingerprint density at radius 2 is 2.35 bits per heavy atom. The molecule has 1 atom stereocenters. The molecule has 0 radical (unpaired) electrons. The fraction of sp³-hybridized carbons (Fsp3) is 0.417. The van der Waals surface area contributed by atoms with Gasteiger partial charge < -0.3 is 16.0 Å². The largest absolute Gasteiger partial charge is 0.386 e. The van der Waals surface area contributed by atoms with Crippen LogP contribution in [-0.2, 0) is 4.79 Å². The number of nitrogens with one attached hydrogen (secondary N) is 1. The van der Waals surface area contributed by atoms with Crippen LogP contribution in [0.15, 0.2) is 22.7 Å². The highest BCUT2D eigenvalue weighted by molar-refractivity contribution is 9.10. The number of nitrogens with zero attached hydrogens (tertiary/aromatic N) is 1. The molecule has 1 saturated heterocycles. The molecule has 5 heteroatoms. The molecule has 4 nitrogen and oxygen atoms in total. The van der Waals surface area contributed by atoms with Crippen molar-refractivity contribution in [2.45, 2.75) is 6.42 Å². The maximum Gasteiger partial charge on any atom is 0.227 e. The average molecular weight is 298 g/mol. The van der Waals surface area contributed by atoms with Crippen molar-refractivity contribution >= 4 is 33.2 Å². The molecule has 17 heavy (non-hydrogen) atoms. The van der Waals surface area contributed by atoms with Gasteiger partial charge in [-0.25, -0.2) is 0 Å². The van der Waals surface area contributed by atoms with Crippen LogP contribution in [0.4, 0.5) is 11.4 Å². The molecule has 0 aromatic heterocycles. The van der Waals surface area contributed by atoms with E-state index < -0.39 is 0 Å². The van der Waals surface area contributed by atoms with E-state index in [0.717, 1.165) is 15.8 Å². The molecule has 0 aliphatic carbocycles. The highest BCUT2D eigenvalue weighted by Gasteiger charge is 2.30. The second-order valence-electron chi connectivity index (χ2n) is 4.22. The minimum atomic E-state index is 0.152. The molecule has 0 bridgehead atoms. The van der Waals surface area contributed by atoms with E-state index in [1.54, 1.807) is 0 Å². The van der Waals surface area contributed by atoms with Crippen molar-refractivity contribution in [2.24, 2.45) is 11.7 Å². The van der Waals surface area contributed by atoms with Gasteiger partial charge in [0.15, 0.2) is 0 Å². The zero-order valence-electron chi connectivity index (χ0n) is 9.74. The number of anilines is 2. The molecule has 1 fully saturated rings. The lowest BCUT2D eigenvalue weighted by Crippen LogP contribution is -2.26. The highest BCUT2D eigenvalue weighted by atomic mass is 79.9. The maximum absolute atomic E-state index is 11.9. The lowest BCUT2D eigenvalue weighted by molar-refractivity contribution is -0.117. The molecule has 1 aliphatic heterocycles. The lowest BCUT2D eigenvalue weighted by Gasteiger charge is -2.20. The Hall–Kier alpha value is -1.07. The Bertz CT molecular complexity index is 436. The average Bonchev–Trinajstić information content (AvgIpc) is 2.70. The van der Waals surface area contributed by atoms with Gasteiger partial charge in [-0.3, -0.25) is 4.79 Å². The number of rotatable bonds is 3. The normalized spacial score (nSPS) is 19.8. The van der Waals surface area contributed by atoms with Gasteiger partial charge in [0.2, 0.25) is 5.91 Å². The molecule has 1 heterocycles. The topological polar surface area (TPSA) is 58.4 Å². The molecule has 3 N–H and O–H groups in total. The predicted octanol–water partition coefficient (Wildman–Crippen LogP) is 1.80. The van der Waals surface area contributed by atoms with E-state index in [9.17, 15) is 4.79 Å². The van der Waals surface area contributed by atoms with E-state index in [-0.39, 0.29) is 11.8 Å². The molecule has 0 spiro atoms. The van der Waals surface area contributed by atoms with Crippen molar-refractivity contribution in [1.29, 1.82) is 0 Å². The van der Waals surface area contributed by atoms with Crippen molar-refractivity contribution in [3.63, 3.8) is 0 Å². The zero-order valence-corrected chi connectivity index (χ0v) is 11.3. The fourth-order valence-electron chi connectivity index (χ4n) is 2.12. The molecule has 1 aliphatic rings. The van der Waals surface area contributed by atoms with E-state index in [1.807, 2.05) is 30.1 Å². The van der Waals surface area contributed by atoms with Gasteiger partial charge in [0.05, 0.1) is 11.4 Å². The molecule has 1 amide bonds. The smallest absolute Gasteiger partial charge is 0.227 e. The van der Waals surface area contributed by atoms with Gasteiger partial charge >= 0.3 is 0 Å². The maximum atomic E-state index is 11.9. The Morgan fingerprint density at radius 1 is 1.59 bits per heavy atom. The molecule has 92 valence electrons. The van der Waals surface area contributed by atoms with Gasteiger partial charge in [-0.2, -0.15) is 0 Å². The van der Waals surface area contributed by atoms with Gasteiger partial charge in [-0.1, -0.05) is 15.9 Å². The summed E-state index contributed by atoms with van der Waals surface area (Å²) in [6.07, 6.45) is 0.551. The zero-order chi connectivity index (χ0) is 12.4. The number of carbonyl (C=O) groups is 1. The van der Waals surface area contributed by atoms with Crippen LogP contribution in [0.2, 0.25) is 0 Å². The summed E-state index contributed by atoms with van der Waals surface area (Å²) in [5.41, 5.74) is 7.51. The second kappa shape index (κ2) is 5.06. The van der Waals surface area contributed by atoms with Crippen molar-refractivity contribution in [3.8, 4) is 0 Å². The summed E-state index contributed by atoms with van der Waals surface area (Å²) in [6, 6.07) is 5.87. The molecule has 0 saturated carbocycles. The third-order valence-electron chi connectivity index (χ3n) is 3.06. The van der Waals surface area contributed by atoms with Crippen molar-refractivity contribution < 1.29 is 4.79 Å². The number of nitrogens with two attached hydrogens (primary N) is 1. The predicted molar refractivity (Wildman–Crippen MR) is 73.2 cm³/mol. The van der Waals surface area contributed by atoms with Gasteiger partial charge in [0.25, 0.3) is 0 Å². The number of amides is 1. The van der Waals surface area contributed by atoms with E-state index in [1.165, 1.54) is 0 Å². The van der Waals surface area contributed by atoms with Crippen LogP contribution < -0.4 is 16.0 Å². The number of carbonyl (C=O) groups excluding carboxylic acids is 1. The first-order valence-corrected chi connectivity index (χ1v) is 6.42. The minimum Gasteiger partial charge on any atom is -0.386 e. The number of hydrogen-bond acceptors (Lipinski definition) is 3. The monoisotopic (exact) mass is 297 g/mol. The highest BCUT2D eigenvalue weighted by Crippen LogP contribution is 2.33. The first kappa shape index (κ1) is 12.4. The summed E-state index contributed by atoms with van der Waals surface area (Å²) in [5, 5.41) is 3.11. The summed E-state index contributed by atoms with van der Waals surface area (Å²) in [4.78, 5) is 13.7. The van der Waals surface area contributed by atoms with Crippen LogP contribution in [0.5, 0.6) is 0 Å². The number of benzene rings is 1. The summed E-state index contributed by atoms with van der Waals surface area (Å²) < 4.78 is 0.993.